The summed E-state index contributed by atoms with van der Waals surface area (Å²) < 4.78 is 10.3. The summed E-state index contributed by atoms with van der Waals surface area (Å²) >= 11 is 0. The van der Waals surface area contributed by atoms with Gasteiger partial charge in [0.25, 0.3) is 0 Å². The molecule has 0 spiro atoms. The number of rotatable bonds is 23. The Hall–Kier alpha value is -1.58. The molecule has 0 fully saturated rings. The van der Waals surface area contributed by atoms with Gasteiger partial charge in [0.2, 0.25) is 0 Å². The minimum atomic E-state index is -0.350. The molecule has 0 amide bonds. The van der Waals surface area contributed by atoms with Crippen molar-refractivity contribution in [1.29, 1.82) is 0 Å². The van der Waals surface area contributed by atoms with E-state index in [-0.39, 0.29) is 38.0 Å². The monoisotopic (exact) mass is 450 g/mol. The zero-order chi connectivity index (χ0) is 23.5. The SMILES string of the molecule is CCCCCCCCCC=CCOC(=O)CCC(=O)OCC=CCCCCCCCCC. The third-order valence-electron chi connectivity index (χ3n) is 5.50. The van der Waals surface area contributed by atoms with Crippen LogP contribution in [0.15, 0.2) is 24.3 Å². The Kier molecular flexibility index (Phi) is 24.4. The number of unbranched alkanes of at least 4 members (excludes halogenated alkanes) is 14. The van der Waals surface area contributed by atoms with Gasteiger partial charge in [0.15, 0.2) is 0 Å². The third kappa shape index (κ3) is 24.7. The molecule has 32 heavy (non-hydrogen) atoms. The number of carbonyl (C=O) groups is 2. The lowest BCUT2D eigenvalue weighted by molar-refractivity contribution is -0.149. The fraction of sp³-hybridized carbons (Fsp3) is 0.786. The second kappa shape index (κ2) is 25.7. The zero-order valence-corrected chi connectivity index (χ0v) is 21.1. The summed E-state index contributed by atoms with van der Waals surface area (Å²) in [5, 5.41) is 0. The Bertz CT molecular complexity index is 438. The second-order valence-electron chi connectivity index (χ2n) is 8.63. The molecule has 0 aromatic carbocycles. The van der Waals surface area contributed by atoms with E-state index in [1.54, 1.807) is 0 Å². The first-order chi connectivity index (χ1) is 15.7. The van der Waals surface area contributed by atoms with Crippen molar-refractivity contribution in [3.05, 3.63) is 24.3 Å². The second-order valence-corrected chi connectivity index (χ2v) is 8.63. The fourth-order valence-electron chi connectivity index (χ4n) is 3.44. The molecule has 0 aromatic rings. The van der Waals surface area contributed by atoms with Gasteiger partial charge in [-0.05, 0) is 25.7 Å². The molecule has 0 aliphatic carbocycles. The normalized spacial score (nSPS) is 11.4. The van der Waals surface area contributed by atoms with Crippen molar-refractivity contribution in [3.63, 3.8) is 0 Å². The summed E-state index contributed by atoms with van der Waals surface area (Å²) in [6.45, 7) is 5.04. The standard InChI is InChI=1S/C28H50O4/c1-3-5-7-9-11-13-15-17-19-21-25-31-27(29)23-24-28(30)32-26-22-20-18-16-14-12-10-8-6-4-2/h19-22H,3-18,23-26H2,1-2H3. The Morgan fingerprint density at radius 3 is 1.22 bits per heavy atom. The van der Waals surface area contributed by atoms with Gasteiger partial charge in [-0.3, -0.25) is 9.59 Å². The predicted octanol–water partition coefficient (Wildman–Crippen LogP) is 8.25. The van der Waals surface area contributed by atoms with E-state index in [1.165, 1.54) is 89.9 Å². The predicted molar refractivity (Wildman–Crippen MR) is 135 cm³/mol. The maximum Gasteiger partial charge on any atom is 0.306 e. The molecule has 0 heterocycles. The summed E-state index contributed by atoms with van der Waals surface area (Å²) in [6.07, 6.45) is 28.4. The summed E-state index contributed by atoms with van der Waals surface area (Å²) in [6, 6.07) is 0. The topological polar surface area (TPSA) is 52.6 Å². The first kappa shape index (κ1) is 30.4. The Balaban J connectivity index is 3.45. The maximum absolute atomic E-state index is 11.7. The minimum Gasteiger partial charge on any atom is -0.461 e. The molecule has 0 aromatic heterocycles. The van der Waals surface area contributed by atoms with Crippen LogP contribution in [-0.2, 0) is 19.1 Å². The smallest absolute Gasteiger partial charge is 0.306 e. The lowest BCUT2D eigenvalue weighted by Gasteiger charge is -2.03. The number of ether oxygens (including phenoxy) is 2. The molecule has 0 rings (SSSR count). The molecular weight excluding hydrogens is 400 g/mol. The van der Waals surface area contributed by atoms with E-state index in [1.807, 2.05) is 12.2 Å². The average molecular weight is 451 g/mol. The van der Waals surface area contributed by atoms with E-state index < -0.39 is 0 Å². The third-order valence-corrected chi connectivity index (χ3v) is 5.50. The van der Waals surface area contributed by atoms with Crippen LogP contribution in [0.2, 0.25) is 0 Å². The van der Waals surface area contributed by atoms with Crippen LogP contribution in [0.5, 0.6) is 0 Å². The van der Waals surface area contributed by atoms with Crippen molar-refractivity contribution in [2.75, 3.05) is 13.2 Å². The van der Waals surface area contributed by atoms with Gasteiger partial charge in [-0.2, -0.15) is 0 Å². The molecule has 0 atom stereocenters. The van der Waals surface area contributed by atoms with Crippen molar-refractivity contribution in [2.45, 2.75) is 129 Å². The Morgan fingerprint density at radius 2 is 0.844 bits per heavy atom. The molecule has 0 N–H and O–H groups in total. The van der Waals surface area contributed by atoms with Gasteiger partial charge in [0.1, 0.15) is 13.2 Å². The van der Waals surface area contributed by atoms with Crippen molar-refractivity contribution < 1.29 is 19.1 Å². The fourth-order valence-corrected chi connectivity index (χ4v) is 3.44. The summed E-state index contributed by atoms with van der Waals surface area (Å²) in [4.78, 5) is 23.4. The van der Waals surface area contributed by atoms with Crippen molar-refractivity contribution >= 4 is 11.9 Å². The highest BCUT2D eigenvalue weighted by Gasteiger charge is 2.07. The van der Waals surface area contributed by atoms with E-state index in [0.29, 0.717) is 0 Å². The molecule has 0 bridgehead atoms. The van der Waals surface area contributed by atoms with Crippen LogP contribution in [0.25, 0.3) is 0 Å². The van der Waals surface area contributed by atoms with Gasteiger partial charge in [0, 0.05) is 0 Å². The van der Waals surface area contributed by atoms with Gasteiger partial charge in [-0.1, -0.05) is 115 Å². The van der Waals surface area contributed by atoms with E-state index in [9.17, 15) is 9.59 Å². The zero-order valence-electron chi connectivity index (χ0n) is 21.1. The van der Waals surface area contributed by atoms with Crippen LogP contribution in [-0.4, -0.2) is 25.2 Å². The van der Waals surface area contributed by atoms with Crippen LogP contribution in [0.1, 0.15) is 129 Å². The van der Waals surface area contributed by atoms with Gasteiger partial charge < -0.3 is 9.47 Å². The molecule has 0 aliphatic heterocycles. The lowest BCUT2D eigenvalue weighted by Crippen LogP contribution is -2.10. The van der Waals surface area contributed by atoms with Gasteiger partial charge in [0.05, 0.1) is 12.8 Å². The minimum absolute atomic E-state index is 0.0756. The van der Waals surface area contributed by atoms with E-state index in [2.05, 4.69) is 26.0 Å². The number of esters is 2. The van der Waals surface area contributed by atoms with Crippen LogP contribution >= 0.6 is 0 Å². The number of hydrogen-bond donors (Lipinski definition) is 0. The van der Waals surface area contributed by atoms with Gasteiger partial charge in [-0.25, -0.2) is 0 Å². The molecule has 0 saturated heterocycles. The summed E-state index contributed by atoms with van der Waals surface area (Å²) in [7, 11) is 0. The molecule has 0 unspecified atom stereocenters. The molecule has 0 radical (unpaired) electrons. The highest BCUT2D eigenvalue weighted by atomic mass is 16.5. The molecule has 186 valence electrons. The largest absolute Gasteiger partial charge is 0.461 e. The van der Waals surface area contributed by atoms with Crippen LogP contribution < -0.4 is 0 Å². The van der Waals surface area contributed by atoms with Gasteiger partial charge >= 0.3 is 11.9 Å². The van der Waals surface area contributed by atoms with Crippen molar-refractivity contribution in [3.8, 4) is 0 Å². The highest BCUT2D eigenvalue weighted by molar-refractivity contribution is 5.77. The van der Waals surface area contributed by atoms with Crippen molar-refractivity contribution in [1.82, 2.24) is 0 Å². The average Bonchev–Trinajstić information content (AvgIpc) is 2.79. The van der Waals surface area contributed by atoms with E-state index in [4.69, 9.17) is 9.47 Å². The lowest BCUT2D eigenvalue weighted by atomic mass is 10.1. The first-order valence-corrected chi connectivity index (χ1v) is 13.3. The quantitative estimate of drug-likeness (QED) is 0.0893. The maximum atomic E-state index is 11.7. The Morgan fingerprint density at radius 1 is 0.500 bits per heavy atom. The molecule has 4 heteroatoms. The molecule has 4 nitrogen and oxygen atoms in total. The number of allylic oxidation sites excluding steroid dienone is 2. The highest BCUT2D eigenvalue weighted by Crippen LogP contribution is 2.09. The molecular formula is C28H50O4. The first-order valence-electron chi connectivity index (χ1n) is 13.3. The van der Waals surface area contributed by atoms with Crippen molar-refractivity contribution in [2.24, 2.45) is 0 Å². The van der Waals surface area contributed by atoms with Crippen LogP contribution in [0.3, 0.4) is 0 Å². The van der Waals surface area contributed by atoms with Crippen LogP contribution in [0.4, 0.5) is 0 Å². The summed E-state index contributed by atoms with van der Waals surface area (Å²) in [5.74, 6) is -0.700. The van der Waals surface area contributed by atoms with Crippen LogP contribution in [0, 0.1) is 0 Å². The Labute approximate surface area is 198 Å². The van der Waals surface area contributed by atoms with Gasteiger partial charge in [-0.15, -0.1) is 0 Å². The number of hydrogen-bond acceptors (Lipinski definition) is 4. The molecule has 0 aliphatic rings. The van der Waals surface area contributed by atoms with E-state index in [0.717, 1.165) is 12.8 Å². The summed E-state index contributed by atoms with van der Waals surface area (Å²) in [5.41, 5.74) is 0. The number of carbonyl (C=O) groups excluding carboxylic acids is 2. The molecule has 0 saturated carbocycles. The van der Waals surface area contributed by atoms with E-state index >= 15 is 0 Å².